The van der Waals surface area contributed by atoms with Crippen molar-refractivity contribution in [1.82, 2.24) is 10.2 Å². The highest BCUT2D eigenvalue weighted by Crippen LogP contribution is 2.17. The van der Waals surface area contributed by atoms with Crippen LogP contribution < -0.4 is 10.1 Å². The van der Waals surface area contributed by atoms with Crippen molar-refractivity contribution in [1.29, 1.82) is 0 Å². The largest absolute Gasteiger partial charge is 0.494 e. The predicted molar refractivity (Wildman–Crippen MR) is 111 cm³/mol. The lowest BCUT2D eigenvalue weighted by molar-refractivity contribution is 0.0972. The number of carbonyl (C=O) groups is 1. The molecule has 0 saturated carbocycles. The molecule has 5 heteroatoms. The van der Waals surface area contributed by atoms with Gasteiger partial charge in [-0.2, -0.15) is 0 Å². The lowest BCUT2D eigenvalue weighted by Crippen LogP contribution is -2.46. The Bertz CT molecular complexity index is 566. The third-order valence-electron chi connectivity index (χ3n) is 4.92. The fourth-order valence-electron chi connectivity index (χ4n) is 3.06. The number of piperidine rings is 1. The number of nitrogens with one attached hydrogen (secondary N) is 1. The lowest BCUT2D eigenvalue weighted by atomic mass is 10.00. The maximum absolute atomic E-state index is 12.4. The second-order valence-electron chi connectivity index (χ2n) is 7.22. The first-order chi connectivity index (χ1) is 12.6. The second kappa shape index (κ2) is 11.2. The number of amides is 1. The number of rotatable bonds is 8. The van der Waals surface area contributed by atoms with Crippen molar-refractivity contribution in [3.8, 4) is 5.75 Å². The van der Waals surface area contributed by atoms with Gasteiger partial charge in [0, 0.05) is 18.7 Å². The summed E-state index contributed by atoms with van der Waals surface area (Å²) in [4.78, 5) is 14.5. The Hall–Kier alpha value is -1.62. The monoisotopic (exact) mass is 376 g/mol. The van der Waals surface area contributed by atoms with Crippen LogP contribution in [0.5, 0.6) is 5.75 Å². The van der Waals surface area contributed by atoms with Crippen LogP contribution >= 0.6 is 12.2 Å². The van der Waals surface area contributed by atoms with Crippen molar-refractivity contribution >= 4 is 23.2 Å². The van der Waals surface area contributed by atoms with Crippen LogP contribution in [0.3, 0.4) is 0 Å². The number of benzene rings is 1. The zero-order valence-corrected chi connectivity index (χ0v) is 16.9. The molecule has 0 aromatic heterocycles. The van der Waals surface area contributed by atoms with Crippen molar-refractivity contribution < 1.29 is 9.53 Å². The van der Waals surface area contributed by atoms with Crippen LogP contribution in [0.2, 0.25) is 0 Å². The number of hydrogen-bond donors (Lipinski definition) is 1. The zero-order valence-electron chi connectivity index (χ0n) is 16.1. The van der Waals surface area contributed by atoms with Gasteiger partial charge in [-0.1, -0.05) is 39.5 Å². The van der Waals surface area contributed by atoms with E-state index >= 15 is 0 Å². The summed E-state index contributed by atoms with van der Waals surface area (Å²) < 4.78 is 5.74. The standard InChI is InChI=1S/C21H32N2O2S/c1-3-4-5-6-7-16-25-19-10-8-18(9-11-19)20(24)22-21(26)23-14-12-17(2)13-15-23/h8-11,17H,3-7,12-16H2,1-2H3,(H,22,24,26). The number of thiocarbonyl (C=S) groups is 1. The van der Waals surface area contributed by atoms with Gasteiger partial charge in [-0.3, -0.25) is 10.1 Å². The Morgan fingerprint density at radius 1 is 1.15 bits per heavy atom. The van der Waals surface area contributed by atoms with Gasteiger partial charge in [0.25, 0.3) is 5.91 Å². The van der Waals surface area contributed by atoms with Crippen molar-refractivity contribution in [2.24, 2.45) is 5.92 Å². The Morgan fingerprint density at radius 3 is 2.46 bits per heavy atom. The highest BCUT2D eigenvalue weighted by molar-refractivity contribution is 7.80. The van der Waals surface area contributed by atoms with E-state index in [1.807, 2.05) is 12.1 Å². The van der Waals surface area contributed by atoms with E-state index in [0.717, 1.165) is 50.6 Å². The third kappa shape index (κ3) is 6.94. The number of carbonyl (C=O) groups excluding carboxylic acids is 1. The molecule has 1 aliphatic rings. The van der Waals surface area contributed by atoms with Gasteiger partial charge in [-0.25, -0.2) is 0 Å². The second-order valence-corrected chi connectivity index (χ2v) is 7.60. The van der Waals surface area contributed by atoms with Gasteiger partial charge in [-0.05, 0) is 61.7 Å². The Labute approximate surface area is 163 Å². The molecule has 1 amide bonds. The average Bonchev–Trinajstić information content (AvgIpc) is 2.65. The minimum Gasteiger partial charge on any atom is -0.494 e. The molecule has 144 valence electrons. The Balaban J connectivity index is 1.73. The lowest BCUT2D eigenvalue weighted by Gasteiger charge is -2.32. The first kappa shape index (κ1) is 20.7. The molecular weight excluding hydrogens is 344 g/mol. The van der Waals surface area contributed by atoms with E-state index in [2.05, 4.69) is 24.1 Å². The molecule has 1 saturated heterocycles. The van der Waals surface area contributed by atoms with Crippen LogP contribution in [0, 0.1) is 5.92 Å². The number of nitrogens with zero attached hydrogens (tertiary/aromatic N) is 1. The van der Waals surface area contributed by atoms with Crippen molar-refractivity contribution in [3.63, 3.8) is 0 Å². The highest BCUT2D eigenvalue weighted by atomic mass is 32.1. The summed E-state index contributed by atoms with van der Waals surface area (Å²) in [7, 11) is 0. The van der Waals surface area contributed by atoms with Crippen molar-refractivity contribution in [2.45, 2.75) is 58.8 Å². The molecule has 1 fully saturated rings. The molecule has 1 aromatic rings. The summed E-state index contributed by atoms with van der Waals surface area (Å²) in [6, 6.07) is 7.30. The number of likely N-dealkylation sites (tertiary alicyclic amines) is 1. The van der Waals surface area contributed by atoms with E-state index in [4.69, 9.17) is 17.0 Å². The minimum atomic E-state index is -0.153. The summed E-state index contributed by atoms with van der Waals surface area (Å²) in [6.45, 7) is 7.05. The zero-order chi connectivity index (χ0) is 18.8. The van der Waals surface area contributed by atoms with E-state index in [0.29, 0.717) is 10.7 Å². The third-order valence-corrected chi connectivity index (χ3v) is 5.28. The van der Waals surface area contributed by atoms with Gasteiger partial charge in [0.05, 0.1) is 6.61 Å². The number of ether oxygens (including phenoxy) is 1. The van der Waals surface area contributed by atoms with Gasteiger partial charge in [0.15, 0.2) is 5.11 Å². The molecule has 1 heterocycles. The summed E-state index contributed by atoms with van der Waals surface area (Å²) in [5, 5.41) is 3.39. The molecule has 4 nitrogen and oxygen atoms in total. The summed E-state index contributed by atoms with van der Waals surface area (Å²) >= 11 is 5.38. The van der Waals surface area contributed by atoms with E-state index in [9.17, 15) is 4.79 Å². The molecule has 0 spiro atoms. The van der Waals surface area contributed by atoms with Crippen LogP contribution in [-0.2, 0) is 0 Å². The van der Waals surface area contributed by atoms with E-state index in [1.54, 1.807) is 12.1 Å². The van der Waals surface area contributed by atoms with E-state index in [-0.39, 0.29) is 5.91 Å². The van der Waals surface area contributed by atoms with Gasteiger partial charge in [0.1, 0.15) is 5.75 Å². The van der Waals surface area contributed by atoms with Gasteiger partial charge in [-0.15, -0.1) is 0 Å². The quantitative estimate of drug-likeness (QED) is 0.523. The van der Waals surface area contributed by atoms with Crippen molar-refractivity contribution in [3.05, 3.63) is 29.8 Å². The molecule has 2 rings (SSSR count). The fraction of sp³-hybridized carbons (Fsp3) is 0.619. The molecule has 0 radical (unpaired) electrons. The van der Waals surface area contributed by atoms with E-state index in [1.165, 1.54) is 25.7 Å². The maximum Gasteiger partial charge on any atom is 0.257 e. The van der Waals surface area contributed by atoms with Crippen LogP contribution in [-0.4, -0.2) is 35.6 Å². The molecule has 0 bridgehead atoms. The molecular formula is C21H32N2O2S. The Morgan fingerprint density at radius 2 is 1.81 bits per heavy atom. The summed E-state index contributed by atoms with van der Waals surface area (Å²) in [5.74, 6) is 1.40. The average molecular weight is 377 g/mol. The Kier molecular flexibility index (Phi) is 8.89. The van der Waals surface area contributed by atoms with Gasteiger partial charge >= 0.3 is 0 Å². The molecule has 1 N–H and O–H groups in total. The van der Waals surface area contributed by atoms with Gasteiger partial charge in [0.2, 0.25) is 0 Å². The first-order valence-electron chi connectivity index (χ1n) is 9.93. The maximum atomic E-state index is 12.4. The van der Waals surface area contributed by atoms with Gasteiger partial charge < -0.3 is 9.64 Å². The van der Waals surface area contributed by atoms with Crippen molar-refractivity contribution in [2.75, 3.05) is 19.7 Å². The van der Waals surface area contributed by atoms with Crippen LogP contribution in [0.4, 0.5) is 0 Å². The summed E-state index contributed by atoms with van der Waals surface area (Å²) in [6.07, 6.45) is 8.36. The first-order valence-corrected chi connectivity index (χ1v) is 10.3. The number of unbranched alkanes of at least 4 members (excludes halogenated alkanes) is 4. The SMILES string of the molecule is CCCCCCCOc1ccc(C(=O)NC(=S)N2CCC(C)CC2)cc1. The predicted octanol–water partition coefficient (Wildman–Crippen LogP) is 4.78. The molecule has 0 aliphatic carbocycles. The topological polar surface area (TPSA) is 41.6 Å². The summed E-state index contributed by atoms with van der Waals surface area (Å²) in [5.41, 5.74) is 0.605. The normalized spacial score (nSPS) is 14.9. The highest BCUT2D eigenvalue weighted by Gasteiger charge is 2.19. The van der Waals surface area contributed by atoms with E-state index < -0.39 is 0 Å². The van der Waals surface area contributed by atoms with Crippen LogP contribution in [0.25, 0.3) is 0 Å². The molecule has 0 unspecified atom stereocenters. The smallest absolute Gasteiger partial charge is 0.257 e. The molecule has 0 atom stereocenters. The minimum absolute atomic E-state index is 0.153. The molecule has 1 aliphatic heterocycles. The van der Waals surface area contributed by atoms with Crippen LogP contribution in [0.1, 0.15) is 69.2 Å². The molecule has 1 aromatic carbocycles. The number of hydrogen-bond acceptors (Lipinski definition) is 3. The molecule has 26 heavy (non-hydrogen) atoms. The fourth-order valence-corrected chi connectivity index (χ4v) is 3.33. The van der Waals surface area contributed by atoms with Crippen LogP contribution in [0.15, 0.2) is 24.3 Å².